The summed E-state index contributed by atoms with van der Waals surface area (Å²) in [5, 5.41) is 0. The van der Waals surface area contributed by atoms with Crippen LogP contribution in [0.1, 0.15) is 32.6 Å². The number of nitrogens with two attached hydrogens (primary N) is 1. The van der Waals surface area contributed by atoms with Gasteiger partial charge in [-0.15, -0.1) is 3.89 Å². The molecule has 3 nitrogen and oxygen atoms in total. The molecule has 1 unspecified atom stereocenters. The van der Waals surface area contributed by atoms with Crippen LogP contribution in [0.2, 0.25) is 0 Å². The molecule has 0 aromatic rings. The minimum Gasteiger partial charge on any atom is -0.330 e. The van der Waals surface area contributed by atoms with Crippen molar-refractivity contribution < 1.29 is 12.3 Å². The Hall–Kier alpha value is -0.160. The van der Waals surface area contributed by atoms with Gasteiger partial charge in [-0.3, -0.25) is 0 Å². The molecule has 1 aliphatic rings. The van der Waals surface area contributed by atoms with Gasteiger partial charge in [0.05, 0.1) is 5.75 Å². The molecule has 0 aliphatic heterocycles. The lowest BCUT2D eigenvalue weighted by atomic mass is 9.61. The third kappa shape index (κ3) is 2.67. The van der Waals surface area contributed by atoms with Gasteiger partial charge in [0, 0.05) is 0 Å². The molecule has 1 aliphatic carbocycles. The summed E-state index contributed by atoms with van der Waals surface area (Å²) in [6.07, 6.45) is 3.65. The maximum Gasteiger partial charge on any atom is 0.302 e. The first kappa shape index (κ1) is 11.9. The van der Waals surface area contributed by atoms with E-state index in [1.54, 1.807) is 0 Å². The summed E-state index contributed by atoms with van der Waals surface area (Å²) in [6.45, 7) is 2.55. The van der Waals surface area contributed by atoms with Crippen molar-refractivity contribution in [1.29, 1.82) is 0 Å². The van der Waals surface area contributed by atoms with Crippen LogP contribution in [0.4, 0.5) is 3.89 Å². The number of rotatable bonds is 5. The van der Waals surface area contributed by atoms with Crippen LogP contribution in [0, 0.1) is 11.3 Å². The van der Waals surface area contributed by atoms with Gasteiger partial charge in [-0.1, -0.05) is 13.3 Å². The molecule has 84 valence electrons. The molecule has 1 atom stereocenters. The minimum atomic E-state index is -4.31. The summed E-state index contributed by atoms with van der Waals surface area (Å²) in [7, 11) is -4.31. The molecule has 5 heteroatoms. The molecule has 0 heterocycles. The summed E-state index contributed by atoms with van der Waals surface area (Å²) in [4.78, 5) is 0. The van der Waals surface area contributed by atoms with E-state index in [-0.39, 0.29) is 17.1 Å². The van der Waals surface area contributed by atoms with Crippen LogP contribution in [-0.2, 0) is 10.2 Å². The van der Waals surface area contributed by atoms with Crippen molar-refractivity contribution in [2.45, 2.75) is 32.6 Å². The highest BCUT2D eigenvalue weighted by molar-refractivity contribution is 7.86. The average Bonchev–Trinajstić information content (AvgIpc) is 1.98. The van der Waals surface area contributed by atoms with E-state index < -0.39 is 10.2 Å². The molecule has 1 saturated carbocycles. The van der Waals surface area contributed by atoms with Gasteiger partial charge in [-0.25, -0.2) is 0 Å². The van der Waals surface area contributed by atoms with E-state index in [9.17, 15) is 12.3 Å². The largest absolute Gasteiger partial charge is 0.330 e. The van der Waals surface area contributed by atoms with E-state index in [1.165, 1.54) is 0 Å². The Morgan fingerprint density at radius 2 is 2.07 bits per heavy atom. The molecular weight excluding hydrogens is 205 g/mol. The van der Waals surface area contributed by atoms with E-state index in [2.05, 4.69) is 0 Å². The quantitative estimate of drug-likeness (QED) is 0.717. The Balaban J connectivity index is 2.45. The van der Waals surface area contributed by atoms with Gasteiger partial charge in [0.25, 0.3) is 0 Å². The molecule has 0 aromatic heterocycles. The Labute approximate surface area is 85.1 Å². The lowest BCUT2D eigenvalue weighted by Gasteiger charge is -2.46. The standard InChI is InChI=1S/C9H18FNO2S/c1-8(3-6-14(10,12)13)9(7-11)4-2-5-9/h8H,2-7,11H2,1H3. The average molecular weight is 223 g/mol. The van der Waals surface area contributed by atoms with Gasteiger partial charge in [0.1, 0.15) is 0 Å². The monoisotopic (exact) mass is 223 g/mol. The second-order valence-electron chi connectivity index (χ2n) is 4.35. The first-order valence-electron chi connectivity index (χ1n) is 5.02. The van der Waals surface area contributed by atoms with Crippen LogP contribution in [-0.4, -0.2) is 20.7 Å². The minimum absolute atomic E-state index is 0.0880. The van der Waals surface area contributed by atoms with Gasteiger partial charge < -0.3 is 5.73 Å². The van der Waals surface area contributed by atoms with Gasteiger partial charge in [-0.05, 0) is 37.1 Å². The van der Waals surface area contributed by atoms with E-state index in [0.29, 0.717) is 13.0 Å². The molecule has 1 rings (SSSR count). The zero-order valence-electron chi connectivity index (χ0n) is 8.50. The fourth-order valence-electron chi connectivity index (χ4n) is 2.15. The highest BCUT2D eigenvalue weighted by Crippen LogP contribution is 2.47. The molecule has 0 radical (unpaired) electrons. The second kappa shape index (κ2) is 4.14. The van der Waals surface area contributed by atoms with Crippen molar-refractivity contribution in [3.05, 3.63) is 0 Å². The summed E-state index contributed by atoms with van der Waals surface area (Å²) in [5.41, 5.74) is 5.75. The van der Waals surface area contributed by atoms with Crippen LogP contribution in [0.25, 0.3) is 0 Å². The molecule has 0 bridgehead atoms. The van der Waals surface area contributed by atoms with Crippen LogP contribution in [0.5, 0.6) is 0 Å². The van der Waals surface area contributed by atoms with Crippen molar-refractivity contribution in [3.63, 3.8) is 0 Å². The van der Waals surface area contributed by atoms with Gasteiger partial charge in [-0.2, -0.15) is 8.42 Å². The first-order chi connectivity index (χ1) is 6.40. The zero-order chi connectivity index (χ0) is 10.8. The maximum absolute atomic E-state index is 12.3. The molecule has 0 spiro atoms. The number of hydrogen-bond donors (Lipinski definition) is 1. The molecule has 2 N–H and O–H groups in total. The van der Waals surface area contributed by atoms with E-state index in [0.717, 1.165) is 19.3 Å². The van der Waals surface area contributed by atoms with E-state index in [1.807, 2.05) is 6.92 Å². The van der Waals surface area contributed by atoms with Gasteiger partial charge in [0.2, 0.25) is 0 Å². The Bertz CT molecular complexity index is 280. The van der Waals surface area contributed by atoms with Crippen molar-refractivity contribution in [1.82, 2.24) is 0 Å². The second-order valence-corrected chi connectivity index (χ2v) is 5.84. The molecule has 1 fully saturated rings. The fourth-order valence-corrected chi connectivity index (χ4v) is 2.79. The fraction of sp³-hybridized carbons (Fsp3) is 1.00. The summed E-state index contributed by atoms with van der Waals surface area (Å²) in [5.74, 6) is -0.164. The Morgan fingerprint density at radius 1 is 1.50 bits per heavy atom. The van der Waals surface area contributed by atoms with Crippen molar-refractivity contribution in [3.8, 4) is 0 Å². The SMILES string of the molecule is CC(CCS(=O)(=O)F)C1(CN)CCC1. The first-order valence-corrected chi connectivity index (χ1v) is 6.57. The topological polar surface area (TPSA) is 60.2 Å². The smallest absolute Gasteiger partial charge is 0.302 e. The third-order valence-corrected chi connectivity index (χ3v) is 4.32. The zero-order valence-corrected chi connectivity index (χ0v) is 9.32. The third-order valence-electron chi connectivity index (χ3n) is 3.60. The van der Waals surface area contributed by atoms with Gasteiger partial charge >= 0.3 is 10.2 Å². The van der Waals surface area contributed by atoms with Crippen LogP contribution >= 0.6 is 0 Å². The highest BCUT2D eigenvalue weighted by atomic mass is 32.3. The predicted octanol–water partition coefficient (Wildman–Crippen LogP) is 1.44. The number of halogens is 1. The molecular formula is C9H18FNO2S. The van der Waals surface area contributed by atoms with Crippen LogP contribution in [0.15, 0.2) is 0 Å². The molecule has 0 aromatic carbocycles. The Kier molecular flexibility index (Phi) is 3.53. The van der Waals surface area contributed by atoms with Crippen LogP contribution < -0.4 is 5.73 Å². The van der Waals surface area contributed by atoms with Crippen molar-refractivity contribution >= 4 is 10.2 Å². The summed E-state index contributed by atoms with van der Waals surface area (Å²) >= 11 is 0. The molecule has 0 amide bonds. The normalized spacial score (nSPS) is 22.8. The number of hydrogen-bond acceptors (Lipinski definition) is 3. The summed E-state index contributed by atoms with van der Waals surface area (Å²) < 4.78 is 33.0. The van der Waals surface area contributed by atoms with E-state index >= 15 is 0 Å². The van der Waals surface area contributed by atoms with Gasteiger partial charge in [0.15, 0.2) is 0 Å². The lowest BCUT2D eigenvalue weighted by Crippen LogP contribution is -2.43. The van der Waals surface area contributed by atoms with Crippen molar-refractivity contribution in [2.75, 3.05) is 12.3 Å². The van der Waals surface area contributed by atoms with Crippen LogP contribution in [0.3, 0.4) is 0 Å². The molecule has 0 saturated heterocycles. The predicted molar refractivity (Wildman–Crippen MR) is 54.0 cm³/mol. The maximum atomic E-state index is 12.3. The Morgan fingerprint density at radius 3 is 2.36 bits per heavy atom. The summed E-state index contributed by atoms with van der Waals surface area (Å²) in [6, 6.07) is 0. The lowest BCUT2D eigenvalue weighted by molar-refractivity contribution is 0.0671. The van der Waals surface area contributed by atoms with Crippen molar-refractivity contribution in [2.24, 2.45) is 17.1 Å². The van der Waals surface area contributed by atoms with E-state index in [4.69, 9.17) is 5.73 Å². The molecule has 14 heavy (non-hydrogen) atoms. The highest BCUT2D eigenvalue weighted by Gasteiger charge is 2.40.